The van der Waals surface area contributed by atoms with Crippen molar-refractivity contribution in [3.8, 4) is 0 Å². The quantitative estimate of drug-likeness (QED) is 0.694. The average molecular weight is 292 g/mol. The van der Waals surface area contributed by atoms with Gasteiger partial charge in [0.05, 0.1) is 0 Å². The molecular weight excluding hydrogens is 276 g/mol. The minimum Gasteiger partial charge on any atom is -0.363 e. The van der Waals surface area contributed by atoms with E-state index in [4.69, 9.17) is 0 Å². The third kappa shape index (κ3) is 1.80. The first-order chi connectivity index (χ1) is 9.72. The van der Waals surface area contributed by atoms with Crippen LogP contribution in [0.4, 0.5) is 11.6 Å². The van der Waals surface area contributed by atoms with E-state index in [0.29, 0.717) is 16.7 Å². The normalized spacial score (nSPS) is 28.3. The van der Waals surface area contributed by atoms with Crippen molar-refractivity contribution in [2.24, 2.45) is 17.8 Å². The molecule has 2 aliphatic rings. The fraction of sp³-hybridized carbons (Fsp3) is 0.615. The van der Waals surface area contributed by atoms with Gasteiger partial charge in [-0.3, -0.25) is 0 Å². The van der Waals surface area contributed by atoms with Crippen molar-refractivity contribution >= 4 is 27.9 Å². The molecule has 0 amide bonds. The summed E-state index contributed by atoms with van der Waals surface area (Å²) in [5, 5.41) is 16.3. The van der Waals surface area contributed by atoms with E-state index in [1.807, 2.05) is 5.38 Å². The number of anilines is 1. The maximum absolute atomic E-state index is 11.2. The molecule has 2 aliphatic carbocycles. The number of nitro groups is 1. The lowest BCUT2D eigenvalue weighted by molar-refractivity contribution is -0.389. The number of hydrogen-bond donors (Lipinski definition) is 1. The summed E-state index contributed by atoms with van der Waals surface area (Å²) in [6, 6.07) is 0. The molecule has 2 aromatic rings. The van der Waals surface area contributed by atoms with E-state index in [-0.39, 0.29) is 10.7 Å². The number of thiazole rings is 1. The SMILES string of the molecule is O=[N+]([O-])c1c(NCC2CC3CCC2C3)nc2sccn12. The molecule has 0 saturated heterocycles. The molecule has 4 rings (SSSR count). The van der Waals surface area contributed by atoms with Gasteiger partial charge in [0.2, 0.25) is 5.82 Å². The number of fused-ring (bicyclic) bond motifs is 3. The van der Waals surface area contributed by atoms with Crippen LogP contribution in [-0.2, 0) is 0 Å². The zero-order valence-electron chi connectivity index (χ0n) is 11.0. The van der Waals surface area contributed by atoms with E-state index < -0.39 is 0 Å². The predicted molar refractivity (Wildman–Crippen MR) is 77.2 cm³/mol. The van der Waals surface area contributed by atoms with Crippen LogP contribution >= 0.6 is 11.3 Å². The van der Waals surface area contributed by atoms with Gasteiger partial charge in [-0.05, 0) is 41.9 Å². The Morgan fingerprint density at radius 2 is 2.40 bits per heavy atom. The molecule has 1 N–H and O–H groups in total. The Bertz CT molecular complexity index is 664. The van der Waals surface area contributed by atoms with Crippen LogP contribution in [-0.4, -0.2) is 20.9 Å². The highest BCUT2D eigenvalue weighted by Crippen LogP contribution is 2.48. The first-order valence-electron chi connectivity index (χ1n) is 7.06. The Kier molecular flexibility index (Phi) is 2.70. The van der Waals surface area contributed by atoms with E-state index in [0.717, 1.165) is 18.4 Å². The minimum absolute atomic E-state index is 0.0596. The van der Waals surface area contributed by atoms with Gasteiger partial charge in [0, 0.05) is 11.9 Å². The smallest absolute Gasteiger partial charge is 0.363 e. The zero-order chi connectivity index (χ0) is 13.7. The van der Waals surface area contributed by atoms with E-state index >= 15 is 0 Å². The monoisotopic (exact) mass is 292 g/mol. The number of nitrogens with one attached hydrogen (secondary N) is 1. The Hall–Kier alpha value is -1.63. The number of imidazole rings is 1. The molecule has 20 heavy (non-hydrogen) atoms. The number of nitrogens with zero attached hydrogens (tertiary/aromatic N) is 3. The molecule has 2 bridgehead atoms. The molecule has 0 radical (unpaired) electrons. The van der Waals surface area contributed by atoms with Crippen LogP contribution in [0.3, 0.4) is 0 Å². The number of rotatable bonds is 4. The van der Waals surface area contributed by atoms with Crippen molar-refractivity contribution < 1.29 is 4.92 Å². The highest BCUT2D eigenvalue weighted by atomic mass is 32.1. The van der Waals surface area contributed by atoms with E-state index in [2.05, 4.69) is 10.3 Å². The third-order valence-corrected chi connectivity index (χ3v) is 5.58. The van der Waals surface area contributed by atoms with Crippen molar-refractivity contribution in [2.75, 3.05) is 11.9 Å². The largest absolute Gasteiger partial charge is 0.372 e. The second-order valence-corrected chi connectivity index (χ2v) is 6.79. The van der Waals surface area contributed by atoms with Gasteiger partial charge >= 0.3 is 5.82 Å². The summed E-state index contributed by atoms with van der Waals surface area (Å²) in [6.07, 6.45) is 7.03. The molecule has 6 nitrogen and oxygen atoms in total. The zero-order valence-corrected chi connectivity index (χ0v) is 11.8. The molecule has 2 saturated carbocycles. The Balaban J connectivity index is 1.55. The molecule has 3 unspecified atom stereocenters. The highest BCUT2D eigenvalue weighted by Gasteiger charge is 2.39. The van der Waals surface area contributed by atoms with Crippen LogP contribution in [0, 0.1) is 27.9 Å². The molecule has 0 spiro atoms. The fourth-order valence-corrected chi connectivity index (χ4v) is 4.63. The number of aromatic nitrogens is 2. The Morgan fingerprint density at radius 3 is 3.10 bits per heavy atom. The lowest BCUT2D eigenvalue weighted by Crippen LogP contribution is -2.20. The topological polar surface area (TPSA) is 72.5 Å². The summed E-state index contributed by atoms with van der Waals surface area (Å²) >= 11 is 1.42. The first-order valence-corrected chi connectivity index (χ1v) is 7.94. The summed E-state index contributed by atoms with van der Waals surface area (Å²) in [5.74, 6) is 2.85. The summed E-state index contributed by atoms with van der Waals surface area (Å²) in [6.45, 7) is 0.812. The second kappa shape index (κ2) is 4.44. The molecule has 2 aromatic heterocycles. The van der Waals surface area contributed by atoms with Crippen LogP contribution in [0.5, 0.6) is 0 Å². The lowest BCUT2D eigenvalue weighted by Gasteiger charge is -2.21. The molecule has 106 valence electrons. The van der Waals surface area contributed by atoms with E-state index in [1.54, 1.807) is 10.6 Å². The van der Waals surface area contributed by atoms with Gasteiger partial charge in [0.1, 0.15) is 6.20 Å². The third-order valence-electron chi connectivity index (χ3n) is 4.83. The van der Waals surface area contributed by atoms with Gasteiger partial charge in [-0.25, -0.2) is 0 Å². The summed E-state index contributed by atoms with van der Waals surface area (Å²) in [7, 11) is 0. The summed E-state index contributed by atoms with van der Waals surface area (Å²) in [5.41, 5.74) is 0. The lowest BCUT2D eigenvalue weighted by atomic mass is 9.89. The molecular formula is C13H16N4O2S. The molecule has 0 aromatic carbocycles. The van der Waals surface area contributed by atoms with Crippen LogP contribution in [0.25, 0.3) is 4.96 Å². The number of hydrogen-bond acceptors (Lipinski definition) is 5. The predicted octanol–water partition coefficient (Wildman–Crippen LogP) is 3.15. The summed E-state index contributed by atoms with van der Waals surface area (Å²) < 4.78 is 1.55. The van der Waals surface area contributed by atoms with Crippen molar-refractivity contribution in [1.29, 1.82) is 0 Å². The van der Waals surface area contributed by atoms with Gasteiger partial charge < -0.3 is 15.4 Å². The maximum Gasteiger partial charge on any atom is 0.372 e. The average Bonchev–Trinajstić information content (AvgIpc) is 3.14. The van der Waals surface area contributed by atoms with Crippen molar-refractivity contribution in [3.63, 3.8) is 0 Å². The molecule has 2 fully saturated rings. The van der Waals surface area contributed by atoms with Gasteiger partial charge in [0.15, 0.2) is 0 Å². The van der Waals surface area contributed by atoms with Gasteiger partial charge in [-0.2, -0.15) is 9.38 Å². The van der Waals surface area contributed by atoms with Crippen LogP contribution in [0.2, 0.25) is 0 Å². The Morgan fingerprint density at radius 1 is 1.50 bits per heavy atom. The standard InChI is InChI=1S/C13H16N4O2S/c18-17(19)12-11(15-13-16(12)3-4-20-13)14-7-10-6-8-1-2-9(10)5-8/h3-4,8-10,14H,1-2,5-7H2. The van der Waals surface area contributed by atoms with Crippen LogP contribution in [0.15, 0.2) is 11.6 Å². The van der Waals surface area contributed by atoms with Gasteiger partial charge in [-0.15, -0.1) is 0 Å². The Labute approximate surface area is 120 Å². The van der Waals surface area contributed by atoms with Gasteiger partial charge in [0.25, 0.3) is 4.96 Å². The maximum atomic E-state index is 11.2. The molecule has 7 heteroatoms. The van der Waals surface area contributed by atoms with Crippen molar-refractivity contribution in [1.82, 2.24) is 9.38 Å². The second-order valence-electron chi connectivity index (χ2n) is 5.91. The highest BCUT2D eigenvalue weighted by molar-refractivity contribution is 7.15. The molecule has 3 atom stereocenters. The van der Waals surface area contributed by atoms with Crippen molar-refractivity contribution in [3.05, 3.63) is 21.7 Å². The van der Waals surface area contributed by atoms with Crippen LogP contribution in [0.1, 0.15) is 25.7 Å². The first kappa shape index (κ1) is 12.1. The van der Waals surface area contributed by atoms with Gasteiger partial charge in [-0.1, -0.05) is 17.8 Å². The summed E-state index contributed by atoms with van der Waals surface area (Å²) in [4.78, 5) is 15.9. The fourth-order valence-electron chi connectivity index (χ4n) is 3.92. The van der Waals surface area contributed by atoms with E-state index in [1.165, 1.54) is 37.0 Å². The van der Waals surface area contributed by atoms with Crippen LogP contribution < -0.4 is 5.32 Å². The van der Waals surface area contributed by atoms with Crippen molar-refractivity contribution in [2.45, 2.75) is 25.7 Å². The minimum atomic E-state index is -0.351. The van der Waals surface area contributed by atoms with E-state index in [9.17, 15) is 10.1 Å². The molecule has 2 heterocycles. The molecule has 0 aliphatic heterocycles.